The molecule has 1 heterocycles. The molecule has 0 fully saturated rings. The molecule has 1 atom stereocenters. The van der Waals surface area contributed by atoms with E-state index in [1.54, 1.807) is 18.7 Å². The van der Waals surface area contributed by atoms with E-state index in [4.69, 9.17) is 5.73 Å². The molecule has 0 bridgehead atoms. The summed E-state index contributed by atoms with van der Waals surface area (Å²) in [6.45, 7) is 2.11. The number of para-hydroxylation sites is 2. The lowest BCUT2D eigenvalue weighted by atomic mass is 10.00. The summed E-state index contributed by atoms with van der Waals surface area (Å²) in [6, 6.07) is 8.04. The maximum atomic E-state index is 9.78. The number of fused-ring (bicyclic) bond motifs is 1. The molecule has 0 spiro atoms. The van der Waals surface area contributed by atoms with Crippen LogP contribution in [-0.4, -0.2) is 33.0 Å². The number of aliphatic hydroxyl groups is 1. The fraction of sp³-hybridized carbons (Fsp3) is 0.500. The molecule has 5 heteroatoms. The van der Waals surface area contributed by atoms with Crippen molar-refractivity contribution in [1.82, 2.24) is 9.97 Å². The zero-order chi connectivity index (χ0) is 13.7. The molecule has 0 aliphatic rings. The van der Waals surface area contributed by atoms with Crippen LogP contribution in [0.1, 0.15) is 26.2 Å². The van der Waals surface area contributed by atoms with Crippen molar-refractivity contribution < 1.29 is 5.11 Å². The molecule has 1 unspecified atom stereocenters. The molecule has 0 saturated carbocycles. The number of rotatable bonds is 7. The first kappa shape index (κ1) is 14.4. The van der Waals surface area contributed by atoms with E-state index in [2.05, 4.69) is 9.97 Å². The van der Waals surface area contributed by atoms with E-state index in [0.717, 1.165) is 41.2 Å². The first-order chi connectivity index (χ1) is 9.11. The van der Waals surface area contributed by atoms with Crippen LogP contribution in [0.3, 0.4) is 0 Å². The monoisotopic (exact) mass is 279 g/mol. The summed E-state index contributed by atoms with van der Waals surface area (Å²) in [4.78, 5) is 7.81. The molecule has 0 radical (unpaired) electrons. The van der Waals surface area contributed by atoms with Crippen LogP contribution in [0.5, 0.6) is 0 Å². The smallest absolute Gasteiger partial charge is 0.166 e. The Morgan fingerprint density at radius 2 is 2.16 bits per heavy atom. The van der Waals surface area contributed by atoms with Gasteiger partial charge in [0.05, 0.1) is 16.6 Å². The molecule has 1 aromatic carbocycles. The average molecular weight is 279 g/mol. The third-order valence-electron chi connectivity index (χ3n) is 3.16. The van der Waals surface area contributed by atoms with Gasteiger partial charge >= 0.3 is 0 Å². The number of nitrogens with one attached hydrogen (secondary N) is 1. The highest BCUT2D eigenvalue weighted by molar-refractivity contribution is 7.99. The van der Waals surface area contributed by atoms with Crippen LogP contribution in [0, 0.1) is 0 Å². The van der Waals surface area contributed by atoms with Crippen LogP contribution in [0.15, 0.2) is 29.4 Å². The Labute approximate surface area is 117 Å². The van der Waals surface area contributed by atoms with Crippen molar-refractivity contribution in [3.8, 4) is 0 Å². The third kappa shape index (κ3) is 4.23. The van der Waals surface area contributed by atoms with Gasteiger partial charge in [-0.05, 0) is 38.3 Å². The van der Waals surface area contributed by atoms with E-state index >= 15 is 0 Å². The molecule has 0 saturated heterocycles. The van der Waals surface area contributed by atoms with Gasteiger partial charge in [-0.1, -0.05) is 23.9 Å². The quantitative estimate of drug-likeness (QED) is 0.538. The summed E-state index contributed by atoms with van der Waals surface area (Å²) in [5.74, 6) is 1.00. The number of hydrogen-bond acceptors (Lipinski definition) is 4. The number of aromatic amines is 1. The molecular weight excluding hydrogens is 258 g/mol. The molecule has 1 aromatic heterocycles. The van der Waals surface area contributed by atoms with Crippen LogP contribution in [-0.2, 0) is 0 Å². The lowest BCUT2D eigenvalue weighted by Crippen LogP contribution is -2.33. The number of nitrogens with two attached hydrogens (primary N) is 1. The number of imidazole rings is 1. The van der Waals surface area contributed by atoms with E-state index in [1.807, 2.05) is 24.3 Å². The summed E-state index contributed by atoms with van der Waals surface area (Å²) < 4.78 is 0. The summed E-state index contributed by atoms with van der Waals surface area (Å²) in [6.07, 6.45) is 2.79. The Morgan fingerprint density at radius 1 is 1.37 bits per heavy atom. The third-order valence-corrected chi connectivity index (χ3v) is 4.12. The van der Waals surface area contributed by atoms with Crippen LogP contribution in [0.2, 0.25) is 0 Å². The van der Waals surface area contributed by atoms with Crippen molar-refractivity contribution in [3.05, 3.63) is 24.3 Å². The van der Waals surface area contributed by atoms with E-state index in [-0.39, 0.29) is 0 Å². The summed E-state index contributed by atoms with van der Waals surface area (Å²) in [5, 5.41) is 10.7. The molecule has 2 aromatic rings. The average Bonchev–Trinajstić information content (AvgIpc) is 2.81. The molecular formula is C14H21N3OS. The SMILES string of the molecule is CC(O)(CN)CCCCSc1nc2ccccc2[nH]1. The number of H-pyrrole nitrogens is 1. The molecule has 4 N–H and O–H groups in total. The van der Waals surface area contributed by atoms with Gasteiger partial charge in [-0.3, -0.25) is 0 Å². The van der Waals surface area contributed by atoms with Gasteiger partial charge in [0.1, 0.15) is 0 Å². The predicted octanol–water partition coefficient (Wildman–Crippen LogP) is 2.54. The minimum Gasteiger partial charge on any atom is -0.389 e. The lowest BCUT2D eigenvalue weighted by Gasteiger charge is -2.20. The molecule has 0 aliphatic carbocycles. The van der Waals surface area contributed by atoms with Crippen molar-refractivity contribution in [1.29, 1.82) is 0 Å². The zero-order valence-electron chi connectivity index (χ0n) is 11.2. The maximum absolute atomic E-state index is 9.78. The van der Waals surface area contributed by atoms with E-state index in [0.29, 0.717) is 6.54 Å². The summed E-state index contributed by atoms with van der Waals surface area (Å²) in [7, 11) is 0. The van der Waals surface area contributed by atoms with Gasteiger partial charge in [-0.2, -0.15) is 0 Å². The molecule has 104 valence electrons. The highest BCUT2D eigenvalue weighted by Crippen LogP contribution is 2.21. The van der Waals surface area contributed by atoms with E-state index < -0.39 is 5.60 Å². The highest BCUT2D eigenvalue weighted by Gasteiger charge is 2.16. The number of thioether (sulfide) groups is 1. The Bertz CT molecular complexity index is 491. The molecule has 19 heavy (non-hydrogen) atoms. The van der Waals surface area contributed by atoms with Gasteiger partial charge < -0.3 is 15.8 Å². The second-order valence-electron chi connectivity index (χ2n) is 5.07. The normalized spacial score (nSPS) is 14.7. The van der Waals surface area contributed by atoms with E-state index in [1.165, 1.54) is 0 Å². The Balaban J connectivity index is 1.74. The van der Waals surface area contributed by atoms with Crippen molar-refractivity contribution in [2.45, 2.75) is 36.9 Å². The topological polar surface area (TPSA) is 74.9 Å². The van der Waals surface area contributed by atoms with Crippen molar-refractivity contribution >= 4 is 22.8 Å². The number of nitrogens with zero attached hydrogens (tertiary/aromatic N) is 1. The standard InChI is InChI=1S/C14H21N3OS/c1-14(18,10-15)8-4-5-9-19-13-16-11-6-2-3-7-12(11)17-13/h2-3,6-7,18H,4-5,8-10,15H2,1H3,(H,16,17). The van der Waals surface area contributed by atoms with Crippen molar-refractivity contribution in [2.75, 3.05) is 12.3 Å². The predicted molar refractivity (Wildman–Crippen MR) is 80.3 cm³/mol. The van der Waals surface area contributed by atoms with Crippen molar-refractivity contribution in [3.63, 3.8) is 0 Å². The molecule has 0 amide bonds. The molecule has 0 aliphatic heterocycles. The minimum atomic E-state index is -0.718. The Kier molecular flexibility index (Phi) is 4.85. The Morgan fingerprint density at radius 3 is 2.89 bits per heavy atom. The van der Waals surface area contributed by atoms with E-state index in [9.17, 15) is 5.11 Å². The van der Waals surface area contributed by atoms with Crippen LogP contribution in [0.25, 0.3) is 11.0 Å². The fourth-order valence-electron chi connectivity index (χ4n) is 1.88. The first-order valence-electron chi connectivity index (χ1n) is 6.61. The van der Waals surface area contributed by atoms with Gasteiger partial charge in [0.2, 0.25) is 0 Å². The van der Waals surface area contributed by atoms with Gasteiger partial charge in [0.25, 0.3) is 0 Å². The number of hydrogen-bond donors (Lipinski definition) is 3. The lowest BCUT2D eigenvalue weighted by molar-refractivity contribution is 0.0577. The number of unbranched alkanes of at least 4 members (excludes halogenated alkanes) is 1. The van der Waals surface area contributed by atoms with Crippen LogP contribution in [0.4, 0.5) is 0 Å². The highest BCUT2D eigenvalue weighted by atomic mass is 32.2. The van der Waals surface area contributed by atoms with Gasteiger partial charge in [-0.25, -0.2) is 4.98 Å². The first-order valence-corrected chi connectivity index (χ1v) is 7.59. The largest absolute Gasteiger partial charge is 0.389 e. The second kappa shape index (κ2) is 6.41. The van der Waals surface area contributed by atoms with Gasteiger partial charge in [0.15, 0.2) is 5.16 Å². The molecule has 2 rings (SSSR count). The maximum Gasteiger partial charge on any atom is 0.166 e. The van der Waals surface area contributed by atoms with Gasteiger partial charge in [0, 0.05) is 12.3 Å². The minimum absolute atomic E-state index is 0.323. The van der Waals surface area contributed by atoms with Crippen molar-refractivity contribution in [2.24, 2.45) is 5.73 Å². The molecule has 4 nitrogen and oxygen atoms in total. The second-order valence-corrected chi connectivity index (χ2v) is 6.15. The van der Waals surface area contributed by atoms with Gasteiger partial charge in [-0.15, -0.1) is 0 Å². The summed E-state index contributed by atoms with van der Waals surface area (Å²) >= 11 is 1.72. The number of aromatic nitrogens is 2. The number of benzene rings is 1. The Hall–Kier alpha value is -1.04. The van der Waals surface area contributed by atoms with Crippen LogP contribution < -0.4 is 5.73 Å². The van der Waals surface area contributed by atoms with Crippen LogP contribution >= 0.6 is 11.8 Å². The zero-order valence-corrected chi connectivity index (χ0v) is 12.0. The summed E-state index contributed by atoms with van der Waals surface area (Å²) in [5.41, 5.74) is 6.86. The fourth-order valence-corrected chi connectivity index (χ4v) is 2.76.